The maximum Gasteiger partial charge on any atom is 0.335 e. The minimum absolute atomic E-state index is 0.0185. The van der Waals surface area contributed by atoms with Gasteiger partial charge in [0.2, 0.25) is 0 Å². The lowest BCUT2D eigenvalue weighted by molar-refractivity contribution is 0.0696. The monoisotopic (exact) mass is 196 g/mol. The summed E-state index contributed by atoms with van der Waals surface area (Å²) in [4.78, 5) is 10.5. The highest BCUT2D eigenvalue weighted by Crippen LogP contribution is 2.18. The Hall–Kier alpha value is -1.68. The molecule has 0 spiro atoms. The van der Waals surface area contributed by atoms with Crippen LogP contribution in [0.1, 0.15) is 22.0 Å². The molecule has 0 aromatic heterocycles. The molecular formula is C10H9FO3. The van der Waals surface area contributed by atoms with Gasteiger partial charge in [0, 0.05) is 5.56 Å². The predicted octanol–water partition coefficient (Wildman–Crippen LogP) is 1.74. The van der Waals surface area contributed by atoms with Gasteiger partial charge in [0.1, 0.15) is 5.82 Å². The van der Waals surface area contributed by atoms with E-state index in [9.17, 15) is 14.3 Å². The van der Waals surface area contributed by atoms with Crippen LogP contribution < -0.4 is 0 Å². The average molecular weight is 196 g/mol. The summed E-state index contributed by atoms with van der Waals surface area (Å²) in [7, 11) is 0. The fraction of sp³-hybridized carbons (Fsp3) is 0.100. The third-order valence-electron chi connectivity index (χ3n) is 1.79. The smallest absolute Gasteiger partial charge is 0.335 e. The van der Waals surface area contributed by atoms with E-state index >= 15 is 0 Å². The van der Waals surface area contributed by atoms with Crippen LogP contribution in [0.4, 0.5) is 4.39 Å². The minimum atomic E-state index is -1.21. The molecule has 0 aliphatic heterocycles. The standard InChI is InChI=1S/C10H9FO3/c1-2-9(12)7-4-3-6(10(13)14)5-8(7)11/h2-5,9,12H,1H2,(H,13,14). The number of carboxylic acids is 1. The van der Waals surface area contributed by atoms with Crippen molar-refractivity contribution < 1.29 is 19.4 Å². The Labute approximate surface area is 80.1 Å². The number of rotatable bonds is 3. The fourth-order valence-electron chi connectivity index (χ4n) is 1.03. The first-order chi connectivity index (χ1) is 6.56. The highest BCUT2D eigenvalue weighted by atomic mass is 19.1. The van der Waals surface area contributed by atoms with Crippen molar-refractivity contribution >= 4 is 5.97 Å². The summed E-state index contributed by atoms with van der Waals surface area (Å²) < 4.78 is 13.2. The van der Waals surface area contributed by atoms with E-state index < -0.39 is 17.9 Å². The van der Waals surface area contributed by atoms with Crippen molar-refractivity contribution in [3.05, 3.63) is 47.8 Å². The van der Waals surface area contributed by atoms with Gasteiger partial charge in [-0.15, -0.1) is 6.58 Å². The Morgan fingerprint density at radius 3 is 2.64 bits per heavy atom. The van der Waals surface area contributed by atoms with Gasteiger partial charge < -0.3 is 10.2 Å². The molecule has 0 aliphatic rings. The van der Waals surface area contributed by atoms with Gasteiger partial charge in [-0.3, -0.25) is 0 Å². The second-order valence-corrected chi connectivity index (χ2v) is 2.72. The van der Waals surface area contributed by atoms with Crippen LogP contribution in [0, 0.1) is 5.82 Å². The van der Waals surface area contributed by atoms with E-state index in [0.29, 0.717) is 0 Å². The zero-order valence-corrected chi connectivity index (χ0v) is 7.27. The van der Waals surface area contributed by atoms with Gasteiger partial charge in [0.25, 0.3) is 0 Å². The molecule has 0 heterocycles. The highest BCUT2D eigenvalue weighted by molar-refractivity contribution is 5.87. The van der Waals surface area contributed by atoms with Gasteiger partial charge >= 0.3 is 5.97 Å². The molecule has 0 fully saturated rings. The molecule has 1 rings (SSSR count). The van der Waals surface area contributed by atoms with E-state index in [0.717, 1.165) is 6.07 Å². The maximum atomic E-state index is 13.2. The molecule has 1 atom stereocenters. The number of carboxylic acid groups (broad SMARTS) is 1. The zero-order valence-electron chi connectivity index (χ0n) is 7.27. The molecule has 1 unspecified atom stereocenters. The van der Waals surface area contributed by atoms with Crippen LogP contribution in [0.3, 0.4) is 0 Å². The third kappa shape index (κ3) is 1.97. The lowest BCUT2D eigenvalue weighted by atomic mass is 10.1. The molecule has 0 bridgehead atoms. The van der Waals surface area contributed by atoms with Crippen molar-refractivity contribution in [3.63, 3.8) is 0 Å². The van der Waals surface area contributed by atoms with E-state index in [4.69, 9.17) is 5.11 Å². The van der Waals surface area contributed by atoms with Gasteiger partial charge in [-0.1, -0.05) is 12.1 Å². The van der Waals surface area contributed by atoms with Crippen LogP contribution in [-0.2, 0) is 0 Å². The Bertz CT molecular complexity index is 374. The fourth-order valence-corrected chi connectivity index (χ4v) is 1.03. The Kier molecular flexibility index (Phi) is 2.99. The number of halogens is 1. The van der Waals surface area contributed by atoms with E-state index in [1.807, 2.05) is 0 Å². The molecule has 0 saturated carbocycles. The van der Waals surface area contributed by atoms with Crippen LogP contribution in [0.5, 0.6) is 0 Å². The molecule has 1 aromatic rings. The average Bonchev–Trinajstić information content (AvgIpc) is 2.16. The third-order valence-corrected chi connectivity index (χ3v) is 1.79. The van der Waals surface area contributed by atoms with Crippen LogP contribution >= 0.6 is 0 Å². The lowest BCUT2D eigenvalue weighted by Gasteiger charge is -2.07. The molecule has 4 heteroatoms. The molecule has 0 radical (unpaired) electrons. The summed E-state index contributed by atoms with van der Waals surface area (Å²) in [5, 5.41) is 17.8. The molecule has 0 saturated heterocycles. The van der Waals surface area contributed by atoms with Crippen molar-refractivity contribution in [2.24, 2.45) is 0 Å². The molecule has 2 N–H and O–H groups in total. The van der Waals surface area contributed by atoms with E-state index in [1.54, 1.807) is 0 Å². The van der Waals surface area contributed by atoms with Gasteiger partial charge in [-0.2, -0.15) is 0 Å². The Morgan fingerprint density at radius 1 is 1.57 bits per heavy atom. The second kappa shape index (κ2) is 4.02. The normalized spacial score (nSPS) is 12.1. The SMILES string of the molecule is C=CC(O)c1ccc(C(=O)O)cc1F. The summed E-state index contributed by atoms with van der Waals surface area (Å²) in [5.41, 5.74) is -0.132. The van der Waals surface area contributed by atoms with E-state index in [2.05, 4.69) is 6.58 Å². The Morgan fingerprint density at radius 2 is 2.21 bits per heavy atom. The summed E-state index contributed by atoms with van der Waals surface area (Å²) in [6, 6.07) is 3.32. The van der Waals surface area contributed by atoms with Gasteiger partial charge in [-0.05, 0) is 12.1 Å². The van der Waals surface area contributed by atoms with Crippen LogP contribution in [0.25, 0.3) is 0 Å². The summed E-state index contributed by atoms with van der Waals surface area (Å²) >= 11 is 0. The molecule has 74 valence electrons. The minimum Gasteiger partial charge on any atom is -0.478 e. The quantitative estimate of drug-likeness (QED) is 0.724. The first-order valence-corrected chi connectivity index (χ1v) is 3.89. The summed E-state index contributed by atoms with van der Waals surface area (Å²) in [6.07, 6.45) is 0.0524. The zero-order chi connectivity index (χ0) is 10.7. The molecule has 0 aliphatic carbocycles. The first-order valence-electron chi connectivity index (χ1n) is 3.89. The summed E-state index contributed by atoms with van der Waals surface area (Å²) in [5.74, 6) is -1.96. The van der Waals surface area contributed by atoms with Gasteiger partial charge in [-0.25, -0.2) is 9.18 Å². The lowest BCUT2D eigenvalue weighted by Crippen LogP contribution is -2.01. The van der Waals surface area contributed by atoms with Crippen molar-refractivity contribution in [1.29, 1.82) is 0 Å². The molecule has 3 nitrogen and oxygen atoms in total. The number of carbonyl (C=O) groups is 1. The molecule has 1 aromatic carbocycles. The largest absolute Gasteiger partial charge is 0.478 e. The molecule has 14 heavy (non-hydrogen) atoms. The number of aliphatic hydroxyl groups is 1. The molecule has 0 amide bonds. The topological polar surface area (TPSA) is 57.5 Å². The predicted molar refractivity (Wildman–Crippen MR) is 48.5 cm³/mol. The van der Waals surface area contributed by atoms with Crippen molar-refractivity contribution in [1.82, 2.24) is 0 Å². The number of benzene rings is 1. The second-order valence-electron chi connectivity index (χ2n) is 2.72. The van der Waals surface area contributed by atoms with Crippen LogP contribution in [-0.4, -0.2) is 16.2 Å². The number of hydrogen-bond acceptors (Lipinski definition) is 2. The maximum absolute atomic E-state index is 13.2. The van der Waals surface area contributed by atoms with Crippen molar-refractivity contribution in [2.75, 3.05) is 0 Å². The van der Waals surface area contributed by atoms with Gasteiger partial charge in [0.15, 0.2) is 0 Å². The first kappa shape index (κ1) is 10.4. The molecular weight excluding hydrogens is 187 g/mol. The van der Waals surface area contributed by atoms with Crippen LogP contribution in [0.2, 0.25) is 0 Å². The van der Waals surface area contributed by atoms with Crippen LogP contribution in [0.15, 0.2) is 30.9 Å². The number of hydrogen-bond donors (Lipinski definition) is 2. The van der Waals surface area contributed by atoms with Crippen molar-refractivity contribution in [3.8, 4) is 0 Å². The van der Waals surface area contributed by atoms with Crippen molar-refractivity contribution in [2.45, 2.75) is 6.10 Å². The van der Waals surface area contributed by atoms with E-state index in [-0.39, 0.29) is 11.1 Å². The number of aromatic carboxylic acids is 1. The number of aliphatic hydroxyl groups excluding tert-OH is 1. The van der Waals surface area contributed by atoms with Gasteiger partial charge in [0.05, 0.1) is 11.7 Å². The highest BCUT2D eigenvalue weighted by Gasteiger charge is 2.12. The Balaban J connectivity index is 3.13. The van der Waals surface area contributed by atoms with E-state index in [1.165, 1.54) is 18.2 Å². The summed E-state index contributed by atoms with van der Waals surface area (Å²) in [6.45, 7) is 3.30.